The van der Waals surface area contributed by atoms with Crippen molar-refractivity contribution >= 4 is 24.1 Å². The first-order valence-corrected chi connectivity index (χ1v) is 14.6. The summed E-state index contributed by atoms with van der Waals surface area (Å²) in [4.78, 5) is 53.6. The van der Waals surface area contributed by atoms with Crippen LogP contribution in [0.3, 0.4) is 0 Å². The van der Waals surface area contributed by atoms with Crippen molar-refractivity contribution in [3.8, 4) is 0 Å². The van der Waals surface area contributed by atoms with E-state index in [1.54, 1.807) is 41.5 Å². The van der Waals surface area contributed by atoms with Gasteiger partial charge in [0.15, 0.2) is 0 Å². The lowest BCUT2D eigenvalue weighted by molar-refractivity contribution is -0.137. The number of ether oxygens (including phenoxy) is 2. The highest BCUT2D eigenvalue weighted by atomic mass is 16.7. The summed E-state index contributed by atoms with van der Waals surface area (Å²) in [6, 6.07) is 19.3. The smallest absolute Gasteiger partial charge is 0.407 e. The zero-order valence-electron chi connectivity index (χ0n) is 27.2. The van der Waals surface area contributed by atoms with Crippen LogP contribution in [0.1, 0.15) is 78.4 Å². The second-order valence-corrected chi connectivity index (χ2v) is 11.6. The van der Waals surface area contributed by atoms with Gasteiger partial charge in [-0.3, -0.25) is 19.3 Å². The summed E-state index contributed by atoms with van der Waals surface area (Å²) in [6.07, 6.45) is 0.255. The van der Waals surface area contributed by atoms with Gasteiger partial charge in [-0.05, 0) is 65.5 Å². The highest BCUT2D eigenvalue weighted by Crippen LogP contribution is 2.07. The minimum Gasteiger partial charge on any atom is -0.481 e. The van der Waals surface area contributed by atoms with Crippen molar-refractivity contribution in [3.63, 3.8) is 0 Å². The summed E-state index contributed by atoms with van der Waals surface area (Å²) < 4.78 is 10.0. The Morgan fingerprint density at radius 3 is 1.51 bits per heavy atom. The van der Waals surface area contributed by atoms with E-state index in [4.69, 9.17) is 25.3 Å². The number of rotatable bonds is 13. The van der Waals surface area contributed by atoms with Crippen LogP contribution in [0.15, 0.2) is 60.7 Å². The molecule has 0 spiro atoms. The van der Waals surface area contributed by atoms with Gasteiger partial charge in [0.25, 0.3) is 0 Å². The number of carbonyl (C=O) groups excluding carboxylic acids is 3. The molecule has 0 saturated carbocycles. The summed E-state index contributed by atoms with van der Waals surface area (Å²) >= 11 is 0. The molecule has 0 aliphatic carbocycles. The van der Waals surface area contributed by atoms with Crippen LogP contribution in [0.2, 0.25) is 0 Å². The van der Waals surface area contributed by atoms with E-state index in [1.165, 1.54) is 0 Å². The summed E-state index contributed by atoms with van der Waals surface area (Å²) in [5, 5.41) is 13.4. The van der Waals surface area contributed by atoms with Crippen molar-refractivity contribution in [2.45, 2.75) is 91.6 Å². The fourth-order valence-corrected chi connectivity index (χ4v) is 2.99. The molecule has 252 valence electrons. The normalized spacial score (nSPS) is 10.6. The molecule has 0 saturated heterocycles. The second-order valence-electron chi connectivity index (χ2n) is 11.6. The van der Waals surface area contributed by atoms with Crippen molar-refractivity contribution in [2.24, 2.45) is 5.90 Å². The maximum Gasteiger partial charge on any atom is 0.407 e. The quantitative estimate of drug-likeness (QED) is 0.148. The van der Waals surface area contributed by atoms with E-state index in [1.807, 2.05) is 60.7 Å². The lowest BCUT2D eigenvalue weighted by Gasteiger charge is -2.19. The second kappa shape index (κ2) is 23.2. The van der Waals surface area contributed by atoms with Crippen LogP contribution in [0, 0.1) is 0 Å². The van der Waals surface area contributed by atoms with Crippen molar-refractivity contribution < 1.29 is 43.4 Å². The molecule has 0 bridgehead atoms. The van der Waals surface area contributed by atoms with Gasteiger partial charge in [0.05, 0.1) is 13.2 Å². The number of carboxylic acids is 1. The Balaban J connectivity index is 0.000000715. The maximum atomic E-state index is 11.5. The van der Waals surface area contributed by atoms with Crippen LogP contribution in [-0.2, 0) is 42.0 Å². The number of alkyl carbamates (subject to hydrolysis) is 2. The van der Waals surface area contributed by atoms with Gasteiger partial charge in [0, 0.05) is 25.9 Å². The molecule has 13 heteroatoms. The summed E-state index contributed by atoms with van der Waals surface area (Å²) in [5.74, 6) is 3.78. The monoisotopic (exact) mass is 634 g/mol. The molecule has 0 aromatic heterocycles. The average Bonchev–Trinajstić information content (AvgIpc) is 2.94. The fraction of sp³-hybridized carbons (Fsp3) is 0.500. The van der Waals surface area contributed by atoms with Gasteiger partial charge in [-0.15, -0.1) is 0 Å². The minimum atomic E-state index is -0.865. The van der Waals surface area contributed by atoms with Gasteiger partial charge in [-0.1, -0.05) is 60.7 Å². The number of benzene rings is 2. The fourth-order valence-electron chi connectivity index (χ4n) is 2.99. The molecule has 0 fully saturated rings. The molecular formula is C32H50N4O9. The molecule has 0 aliphatic rings. The van der Waals surface area contributed by atoms with Crippen LogP contribution in [0.25, 0.3) is 0 Å². The van der Waals surface area contributed by atoms with E-state index in [9.17, 15) is 19.2 Å². The number of carbonyl (C=O) groups is 4. The zero-order valence-corrected chi connectivity index (χ0v) is 27.2. The Labute approximate surface area is 266 Å². The van der Waals surface area contributed by atoms with Crippen molar-refractivity contribution in [1.82, 2.24) is 16.1 Å². The number of carboxylic acid groups (broad SMARTS) is 1. The lowest BCUT2D eigenvalue weighted by atomic mass is 10.2. The van der Waals surface area contributed by atoms with Gasteiger partial charge in [-0.25, -0.2) is 21.0 Å². The van der Waals surface area contributed by atoms with Crippen molar-refractivity contribution in [2.75, 3.05) is 13.1 Å². The Bertz CT molecular complexity index is 1100. The first kappa shape index (κ1) is 40.8. The van der Waals surface area contributed by atoms with E-state index in [2.05, 4.69) is 21.0 Å². The number of aliphatic carboxylic acids is 1. The number of hydrogen-bond acceptors (Lipinski definition) is 9. The first-order valence-electron chi connectivity index (χ1n) is 14.6. The highest BCUT2D eigenvalue weighted by Gasteiger charge is 2.16. The molecule has 13 nitrogen and oxygen atoms in total. The van der Waals surface area contributed by atoms with Crippen LogP contribution < -0.4 is 22.0 Å². The zero-order chi connectivity index (χ0) is 34.1. The molecule has 0 aliphatic heterocycles. The molecule has 3 amide bonds. The van der Waals surface area contributed by atoms with Crippen LogP contribution in [-0.4, -0.2) is 53.5 Å². The van der Waals surface area contributed by atoms with Gasteiger partial charge < -0.3 is 25.2 Å². The Morgan fingerprint density at radius 1 is 0.689 bits per heavy atom. The van der Waals surface area contributed by atoms with E-state index in [0.717, 1.165) is 11.1 Å². The van der Waals surface area contributed by atoms with Gasteiger partial charge in [-0.2, -0.15) is 0 Å². The topological polar surface area (TPSA) is 188 Å². The molecule has 0 radical (unpaired) electrons. The van der Waals surface area contributed by atoms with E-state index in [0.29, 0.717) is 39.1 Å². The Morgan fingerprint density at radius 2 is 1.11 bits per heavy atom. The average molecular weight is 635 g/mol. The molecule has 2 aromatic rings. The Hall–Kier alpha value is -4.20. The number of nitrogens with two attached hydrogens (primary N) is 1. The van der Waals surface area contributed by atoms with Gasteiger partial charge >= 0.3 is 18.2 Å². The van der Waals surface area contributed by atoms with Gasteiger partial charge in [0.2, 0.25) is 5.91 Å². The van der Waals surface area contributed by atoms with E-state index in [-0.39, 0.29) is 18.7 Å². The molecular weight excluding hydrogens is 584 g/mol. The largest absolute Gasteiger partial charge is 0.481 e. The summed E-state index contributed by atoms with van der Waals surface area (Å²) in [6.45, 7) is 12.2. The van der Waals surface area contributed by atoms with E-state index >= 15 is 0 Å². The highest BCUT2D eigenvalue weighted by molar-refractivity contribution is 5.74. The standard InChI is InChI=1S/C16H24N2O4.C9H17NO4.C7H9NO/c1-16(2,3)22-15(20)17-11-7-10-14(19)18-21-12-13-8-5-4-6-9-13;1-9(2,3)14-8(13)10-6-4-5-7(11)12;8-9-6-7-4-2-1-3-5-7/h4-6,8-9H,7,10-12H2,1-3H3,(H,17,20)(H,18,19);4-6H2,1-3H3,(H,10,13)(H,11,12);1-5H,6,8H2. The lowest BCUT2D eigenvalue weighted by Crippen LogP contribution is -2.33. The van der Waals surface area contributed by atoms with Gasteiger partial charge in [0.1, 0.15) is 11.2 Å². The molecule has 2 rings (SSSR count). The molecule has 0 unspecified atom stereocenters. The third-order valence-electron chi connectivity index (χ3n) is 4.84. The maximum absolute atomic E-state index is 11.5. The van der Waals surface area contributed by atoms with Crippen LogP contribution in [0.4, 0.5) is 9.59 Å². The predicted octanol–water partition coefficient (Wildman–Crippen LogP) is 4.99. The number of nitrogens with one attached hydrogen (secondary N) is 3. The predicted molar refractivity (Wildman–Crippen MR) is 169 cm³/mol. The van der Waals surface area contributed by atoms with E-state index < -0.39 is 29.4 Å². The SMILES string of the molecule is CC(C)(C)OC(=O)NCCCC(=O)NOCc1ccccc1.CC(C)(C)OC(=O)NCCCC(=O)O.NOCc1ccccc1. The molecule has 0 heterocycles. The molecule has 45 heavy (non-hydrogen) atoms. The number of hydrogen-bond donors (Lipinski definition) is 5. The van der Waals surface area contributed by atoms with Crippen molar-refractivity contribution in [1.29, 1.82) is 0 Å². The third-order valence-corrected chi connectivity index (χ3v) is 4.84. The van der Waals surface area contributed by atoms with Crippen molar-refractivity contribution in [3.05, 3.63) is 71.8 Å². The first-order chi connectivity index (χ1) is 21.1. The number of hydroxylamine groups is 1. The molecule has 6 N–H and O–H groups in total. The molecule has 0 atom stereocenters. The number of amides is 3. The van der Waals surface area contributed by atoms with Crippen LogP contribution >= 0.6 is 0 Å². The minimum absolute atomic E-state index is 0.0514. The Kier molecular flexibility index (Phi) is 21.1. The summed E-state index contributed by atoms with van der Waals surface area (Å²) in [5.41, 5.74) is 3.41. The third kappa shape index (κ3) is 28.3. The summed E-state index contributed by atoms with van der Waals surface area (Å²) in [7, 11) is 0. The van der Waals surface area contributed by atoms with Crippen LogP contribution in [0.5, 0.6) is 0 Å². The molecule has 2 aromatic carbocycles.